The van der Waals surface area contributed by atoms with Crippen molar-refractivity contribution in [3.05, 3.63) is 21.9 Å². The molecule has 0 fully saturated rings. The van der Waals surface area contributed by atoms with Gasteiger partial charge in [-0.2, -0.15) is 13.2 Å². The van der Waals surface area contributed by atoms with Gasteiger partial charge in [-0.1, -0.05) is 13.8 Å². The van der Waals surface area contributed by atoms with Crippen molar-refractivity contribution in [2.24, 2.45) is 0 Å². The van der Waals surface area contributed by atoms with E-state index in [2.05, 4.69) is 5.32 Å². The van der Waals surface area contributed by atoms with Crippen LogP contribution in [0.5, 0.6) is 0 Å². The van der Waals surface area contributed by atoms with Crippen LogP contribution in [0.3, 0.4) is 0 Å². The van der Waals surface area contributed by atoms with Gasteiger partial charge >= 0.3 is 6.18 Å². The summed E-state index contributed by atoms with van der Waals surface area (Å²) in [5, 5.41) is 4.14. The fourth-order valence-electron chi connectivity index (χ4n) is 1.16. The molecule has 6 heteroatoms. The summed E-state index contributed by atoms with van der Waals surface area (Å²) in [5.74, 6) is -0.313. The van der Waals surface area contributed by atoms with E-state index in [0.29, 0.717) is 5.56 Å². The molecule has 0 aliphatic heterocycles. The molecule has 0 saturated carbocycles. The monoisotopic (exact) mass is 281 g/mol. The summed E-state index contributed by atoms with van der Waals surface area (Å²) >= 11 is 1.44. The number of hydrogen-bond donors (Lipinski definition) is 1. The molecule has 1 N–H and O–H groups in total. The third kappa shape index (κ3) is 7.32. The van der Waals surface area contributed by atoms with Crippen LogP contribution in [-0.4, -0.2) is 18.6 Å². The maximum Gasteiger partial charge on any atom is 0.389 e. The van der Waals surface area contributed by atoms with Crippen molar-refractivity contribution in [2.75, 3.05) is 6.54 Å². The van der Waals surface area contributed by atoms with Crippen molar-refractivity contribution in [3.63, 3.8) is 0 Å². The molecule has 2 nitrogen and oxygen atoms in total. The fourth-order valence-corrected chi connectivity index (χ4v) is 1.84. The number of rotatable bonds is 4. The van der Waals surface area contributed by atoms with E-state index in [-0.39, 0.29) is 18.9 Å². The highest BCUT2D eigenvalue weighted by Crippen LogP contribution is 2.20. The van der Waals surface area contributed by atoms with E-state index in [1.807, 2.05) is 20.8 Å². The highest BCUT2D eigenvalue weighted by atomic mass is 32.1. The van der Waals surface area contributed by atoms with Crippen LogP contribution in [0.25, 0.3) is 0 Å². The molecule has 0 spiro atoms. The van der Waals surface area contributed by atoms with Gasteiger partial charge in [0.1, 0.15) is 0 Å². The lowest BCUT2D eigenvalue weighted by atomic mass is 10.2. The zero-order chi connectivity index (χ0) is 14.2. The first-order valence-corrected chi connectivity index (χ1v) is 6.66. The first kappa shape index (κ1) is 17.0. The average molecular weight is 281 g/mol. The fraction of sp³-hybridized carbons (Fsp3) is 0.583. The maximum absolute atomic E-state index is 11.8. The van der Waals surface area contributed by atoms with Crippen LogP contribution in [0.15, 0.2) is 11.4 Å². The molecular formula is C12H18F3NOS. The number of amides is 1. The Morgan fingerprint density at radius 2 is 2.00 bits per heavy atom. The van der Waals surface area contributed by atoms with Crippen LogP contribution in [-0.2, 0) is 0 Å². The molecular weight excluding hydrogens is 263 g/mol. The predicted octanol–water partition coefficient (Wildman–Crippen LogP) is 4.16. The Bertz CT molecular complexity index is 360. The number of halogens is 3. The van der Waals surface area contributed by atoms with Crippen LogP contribution in [0.1, 0.15) is 41.9 Å². The zero-order valence-electron chi connectivity index (χ0n) is 10.7. The van der Waals surface area contributed by atoms with E-state index in [1.165, 1.54) is 11.3 Å². The van der Waals surface area contributed by atoms with Gasteiger partial charge in [-0.05, 0) is 19.4 Å². The Kier molecular flexibility index (Phi) is 7.66. The van der Waals surface area contributed by atoms with E-state index in [9.17, 15) is 18.0 Å². The van der Waals surface area contributed by atoms with Gasteiger partial charge in [-0.25, -0.2) is 0 Å². The Morgan fingerprint density at radius 3 is 2.44 bits per heavy atom. The smallest absolute Gasteiger partial charge is 0.352 e. The van der Waals surface area contributed by atoms with Crippen LogP contribution in [0.4, 0.5) is 13.2 Å². The molecule has 104 valence electrons. The first-order chi connectivity index (χ1) is 8.38. The molecule has 1 amide bonds. The molecule has 0 aliphatic rings. The average Bonchev–Trinajstić information content (AvgIpc) is 2.72. The second kappa shape index (κ2) is 8.13. The molecule has 0 atom stereocenters. The van der Waals surface area contributed by atoms with Crippen molar-refractivity contribution in [3.8, 4) is 0 Å². The van der Waals surface area contributed by atoms with E-state index >= 15 is 0 Å². The summed E-state index contributed by atoms with van der Waals surface area (Å²) in [6.45, 7) is 5.92. The Balaban J connectivity index is 0.00000137. The van der Waals surface area contributed by atoms with Gasteiger partial charge in [-0.3, -0.25) is 4.79 Å². The molecule has 18 heavy (non-hydrogen) atoms. The minimum atomic E-state index is -4.15. The van der Waals surface area contributed by atoms with Gasteiger partial charge < -0.3 is 5.32 Å². The minimum Gasteiger partial charge on any atom is -0.352 e. The molecule has 1 aromatic heterocycles. The SMILES string of the molecule is CC.Cc1cc(C(=O)NCCCC(F)(F)F)cs1. The number of thiophene rings is 1. The molecule has 0 radical (unpaired) electrons. The van der Waals surface area contributed by atoms with Gasteiger partial charge in [0.05, 0.1) is 5.56 Å². The van der Waals surface area contributed by atoms with Crippen LogP contribution in [0.2, 0.25) is 0 Å². The largest absolute Gasteiger partial charge is 0.389 e. The lowest BCUT2D eigenvalue weighted by Gasteiger charge is -2.06. The summed E-state index contributed by atoms with van der Waals surface area (Å²) in [6.07, 6.45) is -5.10. The minimum absolute atomic E-state index is 0.0488. The molecule has 0 unspecified atom stereocenters. The summed E-state index contributed by atoms with van der Waals surface area (Å²) in [7, 11) is 0. The predicted molar refractivity (Wildman–Crippen MR) is 68.0 cm³/mol. The van der Waals surface area contributed by atoms with Crippen molar-refractivity contribution in [1.82, 2.24) is 5.32 Å². The standard InChI is InChI=1S/C10H12F3NOS.C2H6/c1-7-5-8(6-16-7)9(15)14-4-2-3-10(11,12)13;1-2/h5-6H,2-4H2,1H3,(H,14,15);1-2H3. The summed E-state index contributed by atoms with van der Waals surface area (Å²) < 4.78 is 35.4. The molecule has 0 aromatic carbocycles. The lowest BCUT2D eigenvalue weighted by molar-refractivity contribution is -0.135. The quantitative estimate of drug-likeness (QED) is 0.825. The first-order valence-electron chi connectivity index (χ1n) is 5.78. The van der Waals surface area contributed by atoms with Gasteiger partial charge in [0.15, 0.2) is 0 Å². The molecule has 1 aromatic rings. The van der Waals surface area contributed by atoms with Crippen molar-refractivity contribution >= 4 is 17.2 Å². The van der Waals surface area contributed by atoms with Crippen molar-refractivity contribution in [2.45, 2.75) is 39.8 Å². The van der Waals surface area contributed by atoms with Gasteiger partial charge in [-0.15, -0.1) is 11.3 Å². The topological polar surface area (TPSA) is 29.1 Å². The third-order valence-electron chi connectivity index (χ3n) is 1.92. The number of hydrogen-bond acceptors (Lipinski definition) is 2. The molecule has 1 heterocycles. The second-order valence-corrected chi connectivity index (χ2v) is 4.54. The Labute approximate surface area is 109 Å². The van der Waals surface area contributed by atoms with E-state index < -0.39 is 12.6 Å². The van der Waals surface area contributed by atoms with Crippen LogP contribution < -0.4 is 5.32 Å². The van der Waals surface area contributed by atoms with E-state index in [1.54, 1.807) is 11.4 Å². The normalized spacial score (nSPS) is 10.6. The molecule has 1 rings (SSSR count). The van der Waals surface area contributed by atoms with Crippen LogP contribution in [0, 0.1) is 6.92 Å². The second-order valence-electron chi connectivity index (χ2n) is 3.42. The van der Waals surface area contributed by atoms with Crippen molar-refractivity contribution in [1.29, 1.82) is 0 Å². The number of carbonyl (C=O) groups is 1. The van der Waals surface area contributed by atoms with Crippen LogP contribution >= 0.6 is 11.3 Å². The van der Waals surface area contributed by atoms with Crippen molar-refractivity contribution < 1.29 is 18.0 Å². The summed E-state index contributed by atoms with van der Waals surface area (Å²) in [5.41, 5.74) is 0.509. The van der Waals surface area contributed by atoms with Gasteiger partial charge in [0.25, 0.3) is 5.91 Å². The maximum atomic E-state index is 11.8. The number of aryl methyl sites for hydroxylation is 1. The van der Waals surface area contributed by atoms with Gasteiger partial charge in [0, 0.05) is 23.2 Å². The van der Waals surface area contributed by atoms with E-state index in [4.69, 9.17) is 0 Å². The number of nitrogens with one attached hydrogen (secondary N) is 1. The van der Waals surface area contributed by atoms with Gasteiger partial charge in [0.2, 0.25) is 0 Å². The highest BCUT2D eigenvalue weighted by Gasteiger charge is 2.25. The Hall–Kier alpha value is -1.04. The Morgan fingerprint density at radius 1 is 1.39 bits per heavy atom. The number of alkyl halides is 3. The molecule has 0 bridgehead atoms. The lowest BCUT2D eigenvalue weighted by Crippen LogP contribution is -2.25. The number of carbonyl (C=O) groups excluding carboxylic acids is 1. The summed E-state index contributed by atoms with van der Waals surface area (Å²) in [4.78, 5) is 12.4. The molecule has 0 aliphatic carbocycles. The van der Waals surface area contributed by atoms with E-state index in [0.717, 1.165) is 4.88 Å². The summed E-state index contributed by atoms with van der Waals surface area (Å²) in [6, 6.07) is 1.71. The highest BCUT2D eigenvalue weighted by molar-refractivity contribution is 7.10. The molecule has 0 saturated heterocycles. The zero-order valence-corrected chi connectivity index (χ0v) is 11.5. The third-order valence-corrected chi connectivity index (χ3v) is 2.78.